The number of benzene rings is 1. The molecule has 1 aromatic rings. The molecule has 0 amide bonds. The molecule has 2 rings (SSSR count). The van der Waals surface area contributed by atoms with Crippen molar-refractivity contribution in [1.82, 2.24) is 0 Å². The number of alkyl halides is 3. The minimum atomic E-state index is -4.35. The largest absolute Gasteiger partial charge is 0.487 e. The summed E-state index contributed by atoms with van der Waals surface area (Å²) in [5.74, 6) is 0.00579. The first-order valence-electron chi connectivity index (χ1n) is 5.18. The molecule has 0 N–H and O–H groups in total. The molecular weight excluding hydrogens is 217 g/mol. The van der Waals surface area contributed by atoms with Crippen molar-refractivity contribution >= 4 is 0 Å². The molecule has 0 saturated carbocycles. The van der Waals surface area contributed by atoms with Crippen molar-refractivity contribution in [2.45, 2.75) is 38.5 Å². The second-order valence-corrected chi connectivity index (χ2v) is 4.65. The molecule has 0 bridgehead atoms. The molecule has 1 aliphatic rings. The van der Waals surface area contributed by atoms with E-state index in [1.54, 1.807) is 6.07 Å². The lowest BCUT2D eigenvalue weighted by atomic mass is 9.92. The van der Waals surface area contributed by atoms with Gasteiger partial charge in [0.05, 0.1) is 5.56 Å². The van der Waals surface area contributed by atoms with E-state index in [1.165, 1.54) is 6.07 Å². The fraction of sp³-hybridized carbons (Fsp3) is 0.500. The third-order valence-corrected chi connectivity index (χ3v) is 2.78. The maximum absolute atomic E-state index is 12.7. The molecule has 0 aliphatic carbocycles. The number of halogens is 3. The Morgan fingerprint density at radius 1 is 1.25 bits per heavy atom. The van der Waals surface area contributed by atoms with Crippen LogP contribution in [-0.2, 0) is 12.6 Å². The van der Waals surface area contributed by atoms with E-state index >= 15 is 0 Å². The smallest absolute Gasteiger partial charge is 0.419 e. The van der Waals surface area contributed by atoms with E-state index in [-0.39, 0.29) is 5.75 Å². The number of hydrogen-bond donors (Lipinski definition) is 0. The van der Waals surface area contributed by atoms with Crippen LogP contribution in [0.25, 0.3) is 0 Å². The fourth-order valence-corrected chi connectivity index (χ4v) is 1.89. The van der Waals surface area contributed by atoms with Gasteiger partial charge in [-0.2, -0.15) is 13.2 Å². The molecule has 0 radical (unpaired) electrons. The zero-order valence-electron chi connectivity index (χ0n) is 9.19. The van der Waals surface area contributed by atoms with Crippen LogP contribution in [0.4, 0.5) is 13.2 Å². The predicted octanol–water partition coefficient (Wildman–Crippen LogP) is 3.81. The molecule has 1 nitrogen and oxygen atoms in total. The molecule has 0 saturated heterocycles. The molecule has 0 aromatic heterocycles. The Labute approximate surface area is 92.2 Å². The Bertz CT molecular complexity index is 407. The molecule has 0 unspecified atom stereocenters. The maximum Gasteiger partial charge on any atom is 0.419 e. The van der Waals surface area contributed by atoms with E-state index in [9.17, 15) is 13.2 Å². The van der Waals surface area contributed by atoms with Gasteiger partial charge in [0.1, 0.15) is 11.4 Å². The zero-order chi connectivity index (χ0) is 12.0. The molecule has 0 fully saturated rings. The first kappa shape index (κ1) is 11.3. The summed E-state index contributed by atoms with van der Waals surface area (Å²) in [6.07, 6.45) is -2.98. The summed E-state index contributed by atoms with van der Waals surface area (Å²) < 4.78 is 43.7. The van der Waals surface area contributed by atoms with Crippen molar-refractivity contribution in [3.63, 3.8) is 0 Å². The Morgan fingerprint density at radius 2 is 1.94 bits per heavy atom. The number of para-hydroxylation sites is 1. The molecule has 0 spiro atoms. The molecular formula is C12H13F3O. The number of aryl methyl sites for hydroxylation is 1. The van der Waals surface area contributed by atoms with Crippen molar-refractivity contribution in [1.29, 1.82) is 0 Å². The molecule has 4 heteroatoms. The van der Waals surface area contributed by atoms with Gasteiger partial charge >= 0.3 is 6.18 Å². The number of fused-ring (bicyclic) bond motifs is 1. The highest BCUT2D eigenvalue weighted by molar-refractivity contribution is 5.45. The Balaban J connectivity index is 2.51. The molecule has 1 aromatic carbocycles. The summed E-state index contributed by atoms with van der Waals surface area (Å²) >= 11 is 0. The highest BCUT2D eigenvalue weighted by atomic mass is 19.4. The van der Waals surface area contributed by atoms with Gasteiger partial charge in [-0.1, -0.05) is 12.1 Å². The highest BCUT2D eigenvalue weighted by Gasteiger charge is 2.38. The van der Waals surface area contributed by atoms with Crippen LogP contribution >= 0.6 is 0 Å². The topological polar surface area (TPSA) is 9.23 Å². The van der Waals surface area contributed by atoms with Gasteiger partial charge in [-0.15, -0.1) is 0 Å². The zero-order valence-corrected chi connectivity index (χ0v) is 9.19. The lowest BCUT2D eigenvalue weighted by Gasteiger charge is -2.34. The summed E-state index contributed by atoms with van der Waals surface area (Å²) in [6, 6.07) is 4.20. The summed E-state index contributed by atoms with van der Waals surface area (Å²) in [6.45, 7) is 3.62. The van der Waals surface area contributed by atoms with Crippen LogP contribution in [-0.4, -0.2) is 5.60 Å². The molecule has 16 heavy (non-hydrogen) atoms. The Morgan fingerprint density at radius 3 is 2.56 bits per heavy atom. The lowest BCUT2D eigenvalue weighted by molar-refractivity contribution is -0.140. The summed E-state index contributed by atoms with van der Waals surface area (Å²) in [5, 5.41) is 0. The third kappa shape index (κ3) is 2.01. The van der Waals surface area contributed by atoms with Crippen LogP contribution in [0, 0.1) is 0 Å². The first-order chi connectivity index (χ1) is 7.30. The Hall–Kier alpha value is -1.19. The van der Waals surface area contributed by atoms with E-state index in [0.717, 1.165) is 12.5 Å². The highest BCUT2D eigenvalue weighted by Crippen LogP contribution is 2.42. The van der Waals surface area contributed by atoms with Crippen molar-refractivity contribution in [3.8, 4) is 5.75 Å². The van der Waals surface area contributed by atoms with Crippen LogP contribution in [0.1, 0.15) is 31.4 Å². The number of ether oxygens (including phenoxy) is 1. The van der Waals surface area contributed by atoms with Crippen molar-refractivity contribution in [2.75, 3.05) is 0 Å². The van der Waals surface area contributed by atoms with Gasteiger partial charge in [0.25, 0.3) is 0 Å². The normalized spacial score (nSPS) is 18.8. The van der Waals surface area contributed by atoms with Crippen molar-refractivity contribution in [3.05, 3.63) is 29.3 Å². The number of rotatable bonds is 0. The maximum atomic E-state index is 12.7. The third-order valence-electron chi connectivity index (χ3n) is 2.78. The van der Waals surface area contributed by atoms with E-state index < -0.39 is 17.3 Å². The van der Waals surface area contributed by atoms with Crippen LogP contribution in [0.15, 0.2) is 18.2 Å². The number of hydrogen-bond acceptors (Lipinski definition) is 1. The average molecular weight is 230 g/mol. The molecule has 1 heterocycles. The predicted molar refractivity (Wildman–Crippen MR) is 54.5 cm³/mol. The fourth-order valence-electron chi connectivity index (χ4n) is 1.89. The Kier molecular flexibility index (Phi) is 2.40. The van der Waals surface area contributed by atoms with Crippen molar-refractivity contribution < 1.29 is 17.9 Å². The van der Waals surface area contributed by atoms with Crippen LogP contribution in [0.2, 0.25) is 0 Å². The molecule has 88 valence electrons. The minimum absolute atomic E-state index is 0.00579. The van der Waals surface area contributed by atoms with Crippen LogP contribution in [0.3, 0.4) is 0 Å². The van der Waals surface area contributed by atoms with Crippen LogP contribution in [0.5, 0.6) is 5.75 Å². The van der Waals surface area contributed by atoms with Gasteiger partial charge in [-0.05, 0) is 38.3 Å². The standard InChI is InChI=1S/C12H13F3O/c1-11(2)7-6-8-4-3-5-9(10(8)16-11)12(13,14)15/h3-5H,6-7H2,1-2H3. The van der Waals surface area contributed by atoms with Gasteiger partial charge in [0, 0.05) is 0 Å². The molecule has 1 aliphatic heterocycles. The van der Waals surface area contributed by atoms with Crippen LogP contribution < -0.4 is 4.74 Å². The quantitative estimate of drug-likeness (QED) is 0.658. The van der Waals surface area contributed by atoms with E-state index in [1.807, 2.05) is 13.8 Å². The van der Waals surface area contributed by atoms with E-state index in [2.05, 4.69) is 0 Å². The first-order valence-corrected chi connectivity index (χ1v) is 5.18. The van der Waals surface area contributed by atoms with Gasteiger partial charge in [-0.25, -0.2) is 0 Å². The lowest BCUT2D eigenvalue weighted by Crippen LogP contribution is -2.33. The average Bonchev–Trinajstić information content (AvgIpc) is 2.13. The van der Waals surface area contributed by atoms with Gasteiger partial charge in [0.2, 0.25) is 0 Å². The summed E-state index contributed by atoms with van der Waals surface area (Å²) in [4.78, 5) is 0. The summed E-state index contributed by atoms with van der Waals surface area (Å²) in [7, 11) is 0. The van der Waals surface area contributed by atoms with Gasteiger partial charge in [-0.3, -0.25) is 0 Å². The molecule has 0 atom stereocenters. The van der Waals surface area contributed by atoms with Gasteiger partial charge in [0.15, 0.2) is 0 Å². The van der Waals surface area contributed by atoms with Crippen molar-refractivity contribution in [2.24, 2.45) is 0 Å². The SMILES string of the molecule is CC1(C)CCc2cccc(C(F)(F)F)c2O1. The van der Waals surface area contributed by atoms with Gasteiger partial charge < -0.3 is 4.74 Å². The second kappa shape index (κ2) is 3.40. The summed E-state index contributed by atoms with van der Waals surface area (Å²) in [5.41, 5.74) is -0.541. The second-order valence-electron chi connectivity index (χ2n) is 4.65. The van der Waals surface area contributed by atoms with E-state index in [4.69, 9.17) is 4.74 Å². The minimum Gasteiger partial charge on any atom is -0.487 e. The van der Waals surface area contributed by atoms with E-state index in [0.29, 0.717) is 12.0 Å². The monoisotopic (exact) mass is 230 g/mol.